The van der Waals surface area contributed by atoms with Crippen molar-refractivity contribution in [1.82, 2.24) is 0 Å². The Labute approximate surface area is 102 Å². The maximum absolute atomic E-state index is 13.6. The zero-order valence-corrected chi connectivity index (χ0v) is 9.28. The molecule has 2 aromatic carbocycles. The van der Waals surface area contributed by atoms with Crippen LogP contribution in [-0.4, -0.2) is 5.91 Å². The topological polar surface area (TPSA) is 55.1 Å². The third-order valence-electron chi connectivity index (χ3n) is 2.38. The summed E-state index contributed by atoms with van der Waals surface area (Å²) in [5.74, 6) is -1.81. The number of nitrogens with two attached hydrogens (primary N) is 1. The minimum atomic E-state index is -0.767. The highest BCUT2D eigenvalue weighted by Gasteiger charge is 2.13. The zero-order valence-electron chi connectivity index (χ0n) is 9.28. The molecule has 0 saturated heterocycles. The molecule has 0 bridgehead atoms. The largest absolute Gasteiger partial charge is 0.396 e. The fourth-order valence-electron chi connectivity index (χ4n) is 1.46. The molecule has 2 aromatic rings. The van der Waals surface area contributed by atoms with Crippen molar-refractivity contribution in [2.75, 3.05) is 11.1 Å². The lowest BCUT2D eigenvalue weighted by atomic mass is 10.1. The van der Waals surface area contributed by atoms with E-state index in [-0.39, 0.29) is 11.3 Å². The van der Waals surface area contributed by atoms with Gasteiger partial charge in [-0.25, -0.2) is 8.78 Å². The van der Waals surface area contributed by atoms with Crippen molar-refractivity contribution in [3.63, 3.8) is 0 Å². The number of hydrogen-bond acceptors (Lipinski definition) is 2. The lowest BCUT2D eigenvalue weighted by Crippen LogP contribution is -2.14. The third kappa shape index (κ3) is 2.45. The molecule has 0 aliphatic heterocycles. The Bertz CT molecular complexity index is 582. The summed E-state index contributed by atoms with van der Waals surface area (Å²) in [6, 6.07) is 9.35. The highest BCUT2D eigenvalue weighted by molar-refractivity contribution is 6.04. The van der Waals surface area contributed by atoms with Crippen molar-refractivity contribution in [3.05, 3.63) is 59.7 Å². The van der Waals surface area contributed by atoms with Gasteiger partial charge in [-0.05, 0) is 36.4 Å². The molecule has 3 nitrogen and oxygen atoms in total. The fraction of sp³-hybridized carbons (Fsp3) is 0. The molecule has 92 valence electrons. The molecule has 3 N–H and O–H groups in total. The first kappa shape index (κ1) is 12.0. The van der Waals surface area contributed by atoms with Crippen LogP contribution in [0.1, 0.15) is 10.4 Å². The van der Waals surface area contributed by atoms with Gasteiger partial charge >= 0.3 is 0 Å². The molecule has 0 saturated carbocycles. The molecule has 0 aliphatic rings. The average molecular weight is 248 g/mol. The van der Waals surface area contributed by atoms with Gasteiger partial charge in [-0.15, -0.1) is 0 Å². The fourth-order valence-corrected chi connectivity index (χ4v) is 1.46. The number of nitrogen functional groups attached to an aromatic ring is 1. The average Bonchev–Trinajstić information content (AvgIpc) is 2.35. The van der Waals surface area contributed by atoms with Gasteiger partial charge in [-0.3, -0.25) is 4.79 Å². The van der Waals surface area contributed by atoms with E-state index in [0.717, 1.165) is 0 Å². The van der Waals surface area contributed by atoms with Crippen molar-refractivity contribution < 1.29 is 13.6 Å². The number of rotatable bonds is 2. The van der Waals surface area contributed by atoms with E-state index in [9.17, 15) is 13.6 Å². The second-order valence-electron chi connectivity index (χ2n) is 3.67. The molecule has 0 aliphatic carbocycles. The molecule has 0 unspecified atom stereocenters. The summed E-state index contributed by atoms with van der Waals surface area (Å²) in [6.07, 6.45) is 0. The predicted molar refractivity (Wildman–Crippen MR) is 65.2 cm³/mol. The summed E-state index contributed by atoms with van der Waals surface area (Å²) in [6.45, 7) is 0. The number of carbonyl (C=O) groups excluding carboxylic acids is 1. The summed E-state index contributed by atoms with van der Waals surface area (Å²) < 4.78 is 26.2. The summed E-state index contributed by atoms with van der Waals surface area (Å²) >= 11 is 0. The van der Waals surface area contributed by atoms with E-state index in [1.807, 2.05) is 0 Å². The Kier molecular flexibility index (Phi) is 3.23. The van der Waals surface area contributed by atoms with Crippen LogP contribution in [0.4, 0.5) is 20.2 Å². The lowest BCUT2D eigenvalue weighted by Gasteiger charge is -2.07. The van der Waals surface area contributed by atoms with Crippen LogP contribution in [-0.2, 0) is 0 Å². The Morgan fingerprint density at radius 3 is 2.39 bits per heavy atom. The monoisotopic (exact) mass is 248 g/mol. The molecule has 0 radical (unpaired) electrons. The Balaban J connectivity index is 2.22. The Morgan fingerprint density at radius 1 is 1.06 bits per heavy atom. The van der Waals surface area contributed by atoms with E-state index in [4.69, 9.17) is 5.73 Å². The molecular formula is C13H10F2N2O. The molecule has 1 amide bonds. The summed E-state index contributed by atoms with van der Waals surface area (Å²) in [5, 5.41) is 2.45. The van der Waals surface area contributed by atoms with Crippen LogP contribution in [0.2, 0.25) is 0 Å². The summed E-state index contributed by atoms with van der Waals surface area (Å²) in [5.41, 5.74) is 5.50. The molecule has 0 fully saturated rings. The maximum atomic E-state index is 13.6. The second kappa shape index (κ2) is 4.83. The first-order valence-electron chi connectivity index (χ1n) is 5.19. The van der Waals surface area contributed by atoms with Crippen LogP contribution >= 0.6 is 0 Å². The number of halogens is 2. The first-order valence-corrected chi connectivity index (χ1v) is 5.19. The van der Waals surface area contributed by atoms with Gasteiger partial charge in [0.15, 0.2) is 5.82 Å². The van der Waals surface area contributed by atoms with Crippen LogP contribution in [0.5, 0.6) is 0 Å². The summed E-state index contributed by atoms with van der Waals surface area (Å²) in [4.78, 5) is 11.8. The SMILES string of the molecule is Nc1cccc(C(=O)Nc2ccc(F)cc2)c1F. The molecule has 0 aromatic heterocycles. The number of benzene rings is 2. The normalized spacial score (nSPS) is 10.1. The number of carbonyl (C=O) groups is 1. The molecule has 2 rings (SSSR count). The van der Waals surface area contributed by atoms with Crippen molar-refractivity contribution in [2.45, 2.75) is 0 Å². The van der Waals surface area contributed by atoms with Gasteiger partial charge < -0.3 is 11.1 Å². The van der Waals surface area contributed by atoms with Crippen LogP contribution in [0.15, 0.2) is 42.5 Å². The standard InChI is InChI=1S/C13H10F2N2O/c14-8-4-6-9(7-5-8)17-13(18)10-2-1-3-11(16)12(10)15/h1-7H,16H2,(H,17,18). The zero-order chi connectivity index (χ0) is 13.1. The molecule has 0 atom stereocenters. The summed E-state index contributed by atoms with van der Waals surface area (Å²) in [7, 11) is 0. The quantitative estimate of drug-likeness (QED) is 0.803. The minimum absolute atomic E-state index is 0.0956. The van der Waals surface area contributed by atoms with Gasteiger partial charge in [-0.1, -0.05) is 6.07 Å². The smallest absolute Gasteiger partial charge is 0.258 e. The van der Waals surface area contributed by atoms with E-state index in [1.165, 1.54) is 42.5 Å². The molecular weight excluding hydrogens is 238 g/mol. The number of nitrogens with one attached hydrogen (secondary N) is 1. The van der Waals surface area contributed by atoms with Gasteiger partial charge in [-0.2, -0.15) is 0 Å². The van der Waals surface area contributed by atoms with Gasteiger partial charge in [0.1, 0.15) is 5.82 Å². The van der Waals surface area contributed by atoms with Crippen molar-refractivity contribution >= 4 is 17.3 Å². The highest BCUT2D eigenvalue weighted by atomic mass is 19.1. The Morgan fingerprint density at radius 2 is 1.72 bits per heavy atom. The van der Waals surface area contributed by atoms with E-state index < -0.39 is 17.5 Å². The van der Waals surface area contributed by atoms with Gasteiger partial charge in [0.05, 0.1) is 11.3 Å². The first-order chi connectivity index (χ1) is 8.58. The van der Waals surface area contributed by atoms with E-state index in [1.54, 1.807) is 0 Å². The molecule has 18 heavy (non-hydrogen) atoms. The van der Waals surface area contributed by atoms with Crippen molar-refractivity contribution in [3.8, 4) is 0 Å². The van der Waals surface area contributed by atoms with Crippen molar-refractivity contribution in [1.29, 1.82) is 0 Å². The number of amides is 1. The van der Waals surface area contributed by atoms with E-state index >= 15 is 0 Å². The third-order valence-corrected chi connectivity index (χ3v) is 2.38. The van der Waals surface area contributed by atoms with Crippen molar-refractivity contribution in [2.24, 2.45) is 0 Å². The lowest BCUT2D eigenvalue weighted by molar-refractivity contribution is 0.102. The molecule has 0 heterocycles. The Hall–Kier alpha value is -2.43. The minimum Gasteiger partial charge on any atom is -0.396 e. The highest BCUT2D eigenvalue weighted by Crippen LogP contribution is 2.16. The van der Waals surface area contributed by atoms with E-state index in [2.05, 4.69) is 5.32 Å². The van der Waals surface area contributed by atoms with Gasteiger partial charge in [0, 0.05) is 5.69 Å². The van der Waals surface area contributed by atoms with Gasteiger partial charge in [0.2, 0.25) is 0 Å². The van der Waals surface area contributed by atoms with Crippen LogP contribution < -0.4 is 11.1 Å². The van der Waals surface area contributed by atoms with Crippen LogP contribution in [0.3, 0.4) is 0 Å². The second-order valence-corrected chi connectivity index (χ2v) is 3.67. The molecule has 0 spiro atoms. The maximum Gasteiger partial charge on any atom is 0.258 e. The van der Waals surface area contributed by atoms with E-state index in [0.29, 0.717) is 5.69 Å². The number of hydrogen-bond donors (Lipinski definition) is 2. The van der Waals surface area contributed by atoms with Gasteiger partial charge in [0.25, 0.3) is 5.91 Å². The number of anilines is 2. The van der Waals surface area contributed by atoms with Crippen LogP contribution in [0.25, 0.3) is 0 Å². The predicted octanol–water partition coefficient (Wildman–Crippen LogP) is 2.80. The molecule has 5 heteroatoms. The van der Waals surface area contributed by atoms with Crippen LogP contribution in [0, 0.1) is 11.6 Å².